The van der Waals surface area contributed by atoms with Crippen LogP contribution >= 0.6 is 11.8 Å². The SMILES string of the molecule is COc1cccc(-c2cc(-c3ccccc3)nc(SCC(=O)Nc3c[n+](N4CCCCC4)no3)c2C#N)c1OC. The van der Waals surface area contributed by atoms with Crippen LogP contribution in [-0.2, 0) is 4.79 Å². The smallest absolute Gasteiger partial charge is 0.305 e. The number of thioether (sulfide) groups is 1. The maximum atomic E-state index is 12.9. The van der Waals surface area contributed by atoms with E-state index in [1.165, 1.54) is 18.2 Å². The van der Waals surface area contributed by atoms with E-state index >= 15 is 0 Å². The fraction of sp³-hybridized carbons (Fsp3) is 0.276. The molecular formula is C29H29N6O4S+. The fourth-order valence-corrected chi connectivity index (χ4v) is 5.42. The number of para-hydroxylation sites is 1. The first kappa shape index (κ1) is 27.0. The average molecular weight is 558 g/mol. The maximum Gasteiger partial charge on any atom is 0.305 e. The van der Waals surface area contributed by atoms with Gasteiger partial charge >= 0.3 is 5.88 Å². The number of nitrogens with zero attached hydrogens (tertiary/aromatic N) is 5. The monoisotopic (exact) mass is 557 g/mol. The lowest BCUT2D eigenvalue weighted by Gasteiger charge is -2.17. The second kappa shape index (κ2) is 12.5. The largest absolute Gasteiger partial charge is 0.493 e. The number of rotatable bonds is 9. The first-order valence-corrected chi connectivity index (χ1v) is 13.9. The number of pyridine rings is 1. The Bertz CT molecular complexity index is 1530. The first-order chi connectivity index (χ1) is 19.6. The molecule has 1 fully saturated rings. The lowest BCUT2D eigenvalue weighted by atomic mass is 9.98. The van der Waals surface area contributed by atoms with Crippen molar-refractivity contribution >= 4 is 23.6 Å². The van der Waals surface area contributed by atoms with Crippen molar-refractivity contribution in [2.45, 2.75) is 24.3 Å². The van der Waals surface area contributed by atoms with Gasteiger partial charge in [0.25, 0.3) is 6.20 Å². The molecule has 1 saturated heterocycles. The molecule has 0 atom stereocenters. The second-order valence-corrected chi connectivity index (χ2v) is 10.1. The summed E-state index contributed by atoms with van der Waals surface area (Å²) < 4.78 is 16.5. The quantitative estimate of drug-likeness (QED) is 0.236. The number of hydrogen-bond donors (Lipinski definition) is 1. The van der Waals surface area contributed by atoms with Crippen molar-refractivity contribution in [1.82, 2.24) is 10.3 Å². The van der Waals surface area contributed by atoms with Crippen molar-refractivity contribution in [3.05, 3.63) is 66.4 Å². The van der Waals surface area contributed by atoms with E-state index in [2.05, 4.69) is 21.7 Å². The van der Waals surface area contributed by atoms with E-state index < -0.39 is 0 Å². The maximum absolute atomic E-state index is 12.9. The van der Waals surface area contributed by atoms with Gasteiger partial charge in [-0.05, 0) is 31.4 Å². The van der Waals surface area contributed by atoms with E-state index in [1.54, 1.807) is 31.3 Å². The lowest BCUT2D eigenvalue weighted by molar-refractivity contribution is -0.759. The topological polar surface area (TPSA) is 117 Å². The van der Waals surface area contributed by atoms with Gasteiger partial charge in [0.1, 0.15) is 11.1 Å². The zero-order valence-corrected chi connectivity index (χ0v) is 23.1. The van der Waals surface area contributed by atoms with Crippen LogP contribution in [0.3, 0.4) is 0 Å². The molecule has 2 aromatic heterocycles. The lowest BCUT2D eigenvalue weighted by Crippen LogP contribution is -2.60. The van der Waals surface area contributed by atoms with Gasteiger partial charge in [0, 0.05) is 16.7 Å². The zero-order chi connectivity index (χ0) is 27.9. The number of nitriles is 1. The number of carbonyl (C=O) groups is 1. The molecule has 2 aromatic carbocycles. The van der Waals surface area contributed by atoms with Gasteiger partial charge in [0.2, 0.25) is 11.2 Å². The highest BCUT2D eigenvalue weighted by Crippen LogP contribution is 2.42. The summed E-state index contributed by atoms with van der Waals surface area (Å²) in [6.45, 7) is 1.78. The Morgan fingerprint density at radius 2 is 1.90 bits per heavy atom. The van der Waals surface area contributed by atoms with Crippen molar-refractivity contribution in [2.24, 2.45) is 0 Å². The highest BCUT2D eigenvalue weighted by atomic mass is 32.2. The summed E-state index contributed by atoms with van der Waals surface area (Å²) in [5, 5.41) is 19.5. The van der Waals surface area contributed by atoms with Gasteiger partial charge in [-0.1, -0.05) is 54.2 Å². The van der Waals surface area contributed by atoms with E-state index in [0.717, 1.165) is 31.5 Å². The number of hydrogen-bond acceptors (Lipinski definition) is 9. The Morgan fingerprint density at radius 3 is 2.62 bits per heavy atom. The van der Waals surface area contributed by atoms with Gasteiger partial charge in [-0.2, -0.15) is 10.3 Å². The molecule has 40 heavy (non-hydrogen) atoms. The second-order valence-electron chi connectivity index (χ2n) is 9.09. The van der Waals surface area contributed by atoms with E-state index in [-0.39, 0.29) is 17.5 Å². The molecule has 0 bridgehead atoms. The molecule has 1 amide bonds. The summed E-state index contributed by atoms with van der Waals surface area (Å²) in [6, 6.07) is 19.3. The number of anilines is 1. The van der Waals surface area contributed by atoms with Gasteiger partial charge in [0.15, 0.2) is 11.5 Å². The third kappa shape index (κ3) is 5.87. The van der Waals surface area contributed by atoms with Gasteiger partial charge in [0.05, 0.1) is 49.1 Å². The molecule has 11 heteroatoms. The molecule has 204 valence electrons. The van der Waals surface area contributed by atoms with Crippen LogP contribution in [0.4, 0.5) is 5.88 Å². The molecule has 5 rings (SSSR count). The van der Waals surface area contributed by atoms with Crippen molar-refractivity contribution in [3.8, 4) is 40.0 Å². The fourth-order valence-electron chi connectivity index (χ4n) is 4.62. The number of ether oxygens (including phenoxy) is 2. The number of aromatic nitrogens is 3. The number of amides is 1. The molecule has 1 N–H and O–H groups in total. The molecule has 10 nitrogen and oxygen atoms in total. The van der Waals surface area contributed by atoms with Crippen molar-refractivity contribution in [1.29, 1.82) is 5.26 Å². The summed E-state index contributed by atoms with van der Waals surface area (Å²) in [7, 11) is 3.13. The third-order valence-corrected chi connectivity index (χ3v) is 7.52. The third-order valence-electron chi connectivity index (χ3n) is 6.54. The minimum Gasteiger partial charge on any atom is -0.493 e. The van der Waals surface area contributed by atoms with Crippen LogP contribution in [0, 0.1) is 11.3 Å². The van der Waals surface area contributed by atoms with E-state index in [0.29, 0.717) is 38.9 Å². The van der Waals surface area contributed by atoms with Gasteiger partial charge in [-0.15, -0.1) is 0 Å². The minimum absolute atomic E-state index is 0.0129. The van der Waals surface area contributed by atoms with Crippen LogP contribution in [0.25, 0.3) is 22.4 Å². The van der Waals surface area contributed by atoms with E-state index in [4.69, 9.17) is 19.0 Å². The van der Waals surface area contributed by atoms with Gasteiger partial charge in [-0.3, -0.25) is 14.6 Å². The van der Waals surface area contributed by atoms with Crippen LogP contribution < -0.4 is 24.6 Å². The van der Waals surface area contributed by atoms with Gasteiger partial charge in [-0.25, -0.2) is 4.98 Å². The molecule has 1 aliphatic heterocycles. The van der Waals surface area contributed by atoms with Crippen molar-refractivity contribution in [3.63, 3.8) is 0 Å². The Hall–Kier alpha value is -4.56. The number of methoxy groups -OCH3 is 2. The van der Waals surface area contributed by atoms with Crippen LogP contribution in [0.5, 0.6) is 11.5 Å². The Labute approximate surface area is 236 Å². The molecular weight excluding hydrogens is 528 g/mol. The summed E-state index contributed by atoms with van der Waals surface area (Å²) >= 11 is 1.18. The molecule has 0 spiro atoms. The number of benzene rings is 2. The van der Waals surface area contributed by atoms with Crippen LogP contribution in [0.15, 0.2) is 70.3 Å². The van der Waals surface area contributed by atoms with E-state index in [1.807, 2.05) is 48.5 Å². The Kier molecular flexibility index (Phi) is 8.47. The summed E-state index contributed by atoms with van der Waals surface area (Å²) in [5.41, 5.74) is 3.21. The van der Waals surface area contributed by atoms with Crippen molar-refractivity contribution in [2.75, 3.05) is 43.4 Å². The summed E-state index contributed by atoms with van der Waals surface area (Å²) in [5.74, 6) is 1.02. The highest BCUT2D eigenvalue weighted by molar-refractivity contribution is 8.00. The average Bonchev–Trinajstić information content (AvgIpc) is 3.48. The van der Waals surface area contributed by atoms with E-state index in [9.17, 15) is 10.1 Å². The Morgan fingerprint density at radius 1 is 1.10 bits per heavy atom. The number of nitrogens with one attached hydrogen (secondary N) is 1. The molecule has 4 aromatic rings. The van der Waals surface area contributed by atoms with Crippen molar-refractivity contribution < 1.29 is 23.6 Å². The Balaban J connectivity index is 1.43. The minimum atomic E-state index is -0.303. The predicted octanol–water partition coefficient (Wildman–Crippen LogP) is 4.43. The standard InChI is InChI=1S/C29H28N6O4S/c1-37-25-13-9-12-21(28(25)38-2)22-16-24(20-10-5-3-6-11-20)31-29(23(22)17-30)40-19-26(36)32-27-18-35(33-39-27)34-14-7-4-8-15-34/h3,5-6,9-13,16,18H,4,7-8,14-15,19H2,1-2H3/p+1. The molecule has 0 aliphatic carbocycles. The number of piperidine rings is 1. The molecule has 0 radical (unpaired) electrons. The van der Waals surface area contributed by atoms with Crippen LogP contribution in [0.1, 0.15) is 24.8 Å². The molecule has 0 saturated carbocycles. The first-order valence-electron chi connectivity index (χ1n) is 12.9. The molecule has 1 aliphatic rings. The molecule has 3 heterocycles. The highest BCUT2D eigenvalue weighted by Gasteiger charge is 2.24. The number of carbonyl (C=O) groups excluding carboxylic acids is 1. The zero-order valence-electron chi connectivity index (χ0n) is 22.3. The summed E-state index contributed by atoms with van der Waals surface area (Å²) in [6.07, 6.45) is 5.05. The summed E-state index contributed by atoms with van der Waals surface area (Å²) in [4.78, 5) is 19.3. The normalized spacial score (nSPS) is 13.0. The predicted molar refractivity (Wildman–Crippen MR) is 151 cm³/mol. The van der Waals surface area contributed by atoms with Crippen LogP contribution in [0.2, 0.25) is 0 Å². The molecule has 0 unspecified atom stereocenters. The van der Waals surface area contributed by atoms with Gasteiger partial charge < -0.3 is 9.47 Å². The van der Waals surface area contributed by atoms with Crippen LogP contribution in [-0.4, -0.2) is 49.2 Å².